The zero-order valence-corrected chi connectivity index (χ0v) is 11.1. The molecule has 0 bridgehead atoms. The van der Waals surface area contributed by atoms with E-state index >= 15 is 0 Å². The molecule has 19 heavy (non-hydrogen) atoms. The number of benzene rings is 1. The molecule has 0 aliphatic heterocycles. The van der Waals surface area contributed by atoms with E-state index < -0.39 is 0 Å². The molecule has 1 heterocycles. The lowest BCUT2D eigenvalue weighted by molar-refractivity contribution is 0.0748. The van der Waals surface area contributed by atoms with Gasteiger partial charge < -0.3 is 10.0 Å². The zero-order chi connectivity index (χ0) is 13.8. The van der Waals surface area contributed by atoms with Crippen LogP contribution in [0.3, 0.4) is 0 Å². The van der Waals surface area contributed by atoms with E-state index in [1.807, 2.05) is 0 Å². The Bertz CT molecular complexity index is 609. The third-order valence-electron chi connectivity index (χ3n) is 2.70. The summed E-state index contributed by atoms with van der Waals surface area (Å²) >= 11 is 1.32. The Morgan fingerprint density at radius 3 is 2.95 bits per heavy atom. The van der Waals surface area contributed by atoms with Gasteiger partial charge in [-0.2, -0.15) is 0 Å². The molecule has 1 aromatic heterocycles. The van der Waals surface area contributed by atoms with Gasteiger partial charge in [0, 0.05) is 17.8 Å². The van der Waals surface area contributed by atoms with Crippen molar-refractivity contribution in [3.05, 3.63) is 47.6 Å². The van der Waals surface area contributed by atoms with Crippen LogP contribution in [0.15, 0.2) is 36.9 Å². The fourth-order valence-electron chi connectivity index (χ4n) is 1.83. The van der Waals surface area contributed by atoms with E-state index in [-0.39, 0.29) is 24.9 Å². The van der Waals surface area contributed by atoms with Crippen molar-refractivity contribution in [2.45, 2.75) is 0 Å². The number of aliphatic hydroxyl groups excluding tert-OH is 1. The summed E-state index contributed by atoms with van der Waals surface area (Å²) in [6.07, 6.45) is 1.61. The highest BCUT2D eigenvalue weighted by atomic mass is 32.1. The molecular weight excluding hydrogens is 265 g/mol. The Balaban J connectivity index is 2.31. The molecule has 1 aromatic carbocycles. The van der Waals surface area contributed by atoms with Gasteiger partial charge in [-0.15, -0.1) is 17.9 Å². The summed E-state index contributed by atoms with van der Waals surface area (Å²) in [6, 6.07) is 6.13. The molecule has 1 N–H and O–H groups in total. The van der Waals surface area contributed by atoms with Gasteiger partial charge in [-0.1, -0.05) is 6.08 Å². The lowest BCUT2D eigenvalue weighted by Crippen LogP contribution is -2.33. The molecule has 2 rings (SSSR count). The molecule has 1 amide bonds. The Labute approximate surface area is 114 Å². The summed E-state index contributed by atoms with van der Waals surface area (Å²) in [6.45, 7) is 4.13. The van der Waals surface area contributed by atoms with Crippen LogP contribution >= 0.6 is 11.3 Å². The highest BCUT2D eigenvalue weighted by molar-refractivity contribution is 7.20. The third-order valence-corrected chi connectivity index (χ3v) is 3.80. The van der Waals surface area contributed by atoms with E-state index in [4.69, 9.17) is 5.11 Å². The molecule has 0 aliphatic rings. The highest BCUT2D eigenvalue weighted by Crippen LogP contribution is 2.27. The molecule has 2 aromatic rings. The van der Waals surface area contributed by atoms with Crippen LogP contribution in [-0.2, 0) is 0 Å². The van der Waals surface area contributed by atoms with Gasteiger partial charge in [0.25, 0.3) is 5.91 Å². The van der Waals surface area contributed by atoms with Crippen LogP contribution in [0.25, 0.3) is 10.1 Å². The van der Waals surface area contributed by atoms with Crippen molar-refractivity contribution in [2.75, 3.05) is 19.7 Å². The van der Waals surface area contributed by atoms with E-state index in [2.05, 4.69) is 6.58 Å². The molecule has 0 saturated carbocycles. The smallest absolute Gasteiger partial charge is 0.264 e. The van der Waals surface area contributed by atoms with Crippen molar-refractivity contribution in [1.82, 2.24) is 4.90 Å². The van der Waals surface area contributed by atoms with Crippen molar-refractivity contribution in [3.8, 4) is 0 Å². The second kappa shape index (κ2) is 5.95. The molecule has 0 spiro atoms. The van der Waals surface area contributed by atoms with Crippen LogP contribution in [0, 0.1) is 5.82 Å². The number of thiophene rings is 1. The normalized spacial score (nSPS) is 10.6. The maximum atomic E-state index is 13.1. The highest BCUT2D eigenvalue weighted by Gasteiger charge is 2.16. The topological polar surface area (TPSA) is 40.5 Å². The first-order valence-electron chi connectivity index (χ1n) is 5.86. The number of halogens is 1. The first-order valence-corrected chi connectivity index (χ1v) is 6.67. The number of fused-ring (bicyclic) bond motifs is 1. The summed E-state index contributed by atoms with van der Waals surface area (Å²) in [5, 5.41) is 9.68. The van der Waals surface area contributed by atoms with Gasteiger partial charge in [0.2, 0.25) is 0 Å². The monoisotopic (exact) mass is 279 g/mol. The van der Waals surface area contributed by atoms with Crippen molar-refractivity contribution in [3.63, 3.8) is 0 Å². The fraction of sp³-hybridized carbons (Fsp3) is 0.214. The van der Waals surface area contributed by atoms with Gasteiger partial charge in [0.1, 0.15) is 5.82 Å². The number of rotatable bonds is 5. The van der Waals surface area contributed by atoms with Gasteiger partial charge in [-0.3, -0.25) is 4.79 Å². The second-order valence-electron chi connectivity index (χ2n) is 4.06. The second-order valence-corrected chi connectivity index (χ2v) is 5.14. The lowest BCUT2D eigenvalue weighted by Gasteiger charge is -2.18. The summed E-state index contributed by atoms with van der Waals surface area (Å²) in [5.74, 6) is -0.488. The van der Waals surface area contributed by atoms with Gasteiger partial charge in [0.05, 0.1) is 11.5 Å². The first-order chi connectivity index (χ1) is 9.15. The van der Waals surface area contributed by atoms with Crippen LogP contribution in [-0.4, -0.2) is 35.6 Å². The standard InChI is InChI=1S/C14H14FNO2S/c1-2-5-16(6-7-17)14(18)13-9-10-8-11(15)3-4-12(10)19-13/h2-4,8-9,17H,1,5-7H2. The van der Waals surface area contributed by atoms with Gasteiger partial charge >= 0.3 is 0 Å². The van der Waals surface area contributed by atoms with Gasteiger partial charge in [-0.25, -0.2) is 4.39 Å². The number of amides is 1. The van der Waals surface area contributed by atoms with Crippen molar-refractivity contribution < 1.29 is 14.3 Å². The average Bonchev–Trinajstić information content (AvgIpc) is 2.80. The third kappa shape index (κ3) is 3.00. The van der Waals surface area contributed by atoms with Crippen LogP contribution in [0.2, 0.25) is 0 Å². The Morgan fingerprint density at radius 1 is 1.47 bits per heavy atom. The number of aliphatic hydroxyl groups is 1. The van der Waals surface area contributed by atoms with E-state index in [0.717, 1.165) is 10.1 Å². The van der Waals surface area contributed by atoms with E-state index in [1.165, 1.54) is 28.4 Å². The maximum absolute atomic E-state index is 13.1. The number of hydrogen-bond donors (Lipinski definition) is 1. The first kappa shape index (κ1) is 13.7. The molecule has 0 atom stereocenters. The minimum Gasteiger partial charge on any atom is -0.395 e. The minimum atomic E-state index is -0.317. The number of carbonyl (C=O) groups is 1. The van der Waals surface area contributed by atoms with E-state index in [9.17, 15) is 9.18 Å². The van der Waals surface area contributed by atoms with E-state index in [0.29, 0.717) is 11.4 Å². The largest absolute Gasteiger partial charge is 0.395 e. The predicted molar refractivity (Wildman–Crippen MR) is 75.0 cm³/mol. The number of nitrogens with zero attached hydrogens (tertiary/aromatic N) is 1. The predicted octanol–water partition coefficient (Wildman–Crippen LogP) is 2.66. The number of hydrogen-bond acceptors (Lipinski definition) is 3. The van der Waals surface area contributed by atoms with Crippen molar-refractivity contribution in [2.24, 2.45) is 0 Å². The molecule has 0 unspecified atom stereocenters. The summed E-state index contributed by atoms with van der Waals surface area (Å²) in [7, 11) is 0. The number of carbonyl (C=O) groups excluding carboxylic acids is 1. The Hall–Kier alpha value is -1.72. The van der Waals surface area contributed by atoms with Gasteiger partial charge in [-0.05, 0) is 29.7 Å². The van der Waals surface area contributed by atoms with Crippen molar-refractivity contribution in [1.29, 1.82) is 0 Å². The summed E-state index contributed by atoms with van der Waals surface area (Å²) in [5.41, 5.74) is 0. The van der Waals surface area contributed by atoms with Crippen LogP contribution in [0.4, 0.5) is 4.39 Å². The molecule has 0 saturated heterocycles. The minimum absolute atomic E-state index is 0.0981. The van der Waals surface area contributed by atoms with Crippen LogP contribution < -0.4 is 0 Å². The molecule has 5 heteroatoms. The van der Waals surface area contributed by atoms with Crippen molar-refractivity contribution >= 4 is 27.3 Å². The molecule has 3 nitrogen and oxygen atoms in total. The summed E-state index contributed by atoms with van der Waals surface area (Å²) in [4.78, 5) is 14.3. The zero-order valence-electron chi connectivity index (χ0n) is 10.3. The van der Waals surface area contributed by atoms with Crippen LogP contribution in [0.1, 0.15) is 9.67 Å². The molecule has 0 aliphatic carbocycles. The van der Waals surface area contributed by atoms with Gasteiger partial charge in [0.15, 0.2) is 0 Å². The van der Waals surface area contributed by atoms with Crippen LogP contribution in [0.5, 0.6) is 0 Å². The molecule has 0 radical (unpaired) electrons. The molecular formula is C14H14FNO2S. The average molecular weight is 279 g/mol. The Morgan fingerprint density at radius 2 is 2.26 bits per heavy atom. The quantitative estimate of drug-likeness (QED) is 0.855. The van der Waals surface area contributed by atoms with E-state index in [1.54, 1.807) is 18.2 Å². The fourth-order valence-corrected chi connectivity index (χ4v) is 2.84. The molecule has 100 valence electrons. The Kier molecular flexibility index (Phi) is 4.29. The SMILES string of the molecule is C=CCN(CCO)C(=O)c1cc2cc(F)ccc2s1. The lowest BCUT2D eigenvalue weighted by atomic mass is 10.2. The molecule has 0 fully saturated rings. The maximum Gasteiger partial charge on any atom is 0.264 e. The summed E-state index contributed by atoms with van der Waals surface area (Å²) < 4.78 is 14.0.